The molecule has 0 unspecified atom stereocenters. The Morgan fingerprint density at radius 2 is 1.35 bits per heavy atom. The maximum atomic E-state index is 10.0. The van der Waals surface area contributed by atoms with Gasteiger partial charge in [-0.25, -0.2) is 0 Å². The van der Waals surface area contributed by atoms with Crippen LogP contribution in [0.4, 0.5) is 11.4 Å². The van der Waals surface area contributed by atoms with Crippen LogP contribution in [-0.4, -0.2) is 5.54 Å². The molecule has 2 aliphatic rings. The fraction of sp³-hybridized carbons (Fsp3) is 0.385. The van der Waals surface area contributed by atoms with Crippen LogP contribution < -0.4 is 4.90 Å². The van der Waals surface area contributed by atoms with Crippen molar-refractivity contribution in [2.24, 2.45) is 5.41 Å². The Labute approximate surface area is 243 Å². The fourth-order valence-electron chi connectivity index (χ4n) is 7.05. The molecule has 0 aliphatic heterocycles. The molecule has 0 aromatic heterocycles. The van der Waals surface area contributed by atoms with E-state index >= 15 is 0 Å². The van der Waals surface area contributed by atoms with Crippen molar-refractivity contribution in [3.63, 3.8) is 0 Å². The standard InChI is InChI=1S/C39H45N/c1-37(2,3)40(30-17-13-16-29(24-30)27-14-9-8-10-15-27)36-26-33-31-18-11-12-19-34(31)39(6,7)35(33)25-32(36)28-20-22-38(4,5)23-21-28/h8-19,24-26,28H,20-23H2,1-7H3/i28D. The molecule has 1 saturated carbocycles. The summed E-state index contributed by atoms with van der Waals surface area (Å²) < 4.78 is 10.0. The monoisotopic (exact) mass is 528 g/mol. The Bertz CT molecular complexity index is 1580. The highest BCUT2D eigenvalue weighted by molar-refractivity contribution is 5.86. The van der Waals surface area contributed by atoms with Gasteiger partial charge < -0.3 is 4.90 Å². The third-order valence-corrected chi connectivity index (χ3v) is 9.41. The molecular formula is C39H45N. The summed E-state index contributed by atoms with van der Waals surface area (Å²) in [5, 5.41) is 0. The van der Waals surface area contributed by atoms with E-state index in [1.54, 1.807) is 0 Å². The Hall–Kier alpha value is -3.32. The van der Waals surface area contributed by atoms with Crippen LogP contribution in [0.5, 0.6) is 0 Å². The number of anilines is 2. The Kier molecular flexibility index (Phi) is 6.19. The zero-order chi connectivity index (χ0) is 29.2. The highest BCUT2D eigenvalue weighted by Crippen LogP contribution is 2.54. The van der Waals surface area contributed by atoms with Gasteiger partial charge in [-0.2, -0.15) is 0 Å². The molecule has 0 amide bonds. The average Bonchev–Trinajstić information content (AvgIpc) is 3.16. The van der Waals surface area contributed by atoms with Crippen molar-refractivity contribution in [2.75, 3.05) is 4.90 Å². The maximum absolute atomic E-state index is 10.0. The quantitative estimate of drug-likeness (QED) is 0.254. The Morgan fingerprint density at radius 1 is 0.700 bits per heavy atom. The summed E-state index contributed by atoms with van der Waals surface area (Å²) in [4.78, 5) is 2.51. The van der Waals surface area contributed by atoms with Crippen molar-refractivity contribution in [1.82, 2.24) is 0 Å². The van der Waals surface area contributed by atoms with Crippen LogP contribution in [0.25, 0.3) is 22.3 Å². The van der Waals surface area contributed by atoms with Gasteiger partial charge in [0.15, 0.2) is 0 Å². The molecule has 6 rings (SSSR count). The van der Waals surface area contributed by atoms with Gasteiger partial charge in [0.25, 0.3) is 0 Å². The summed E-state index contributed by atoms with van der Waals surface area (Å²) in [6.07, 6.45) is 3.94. The molecule has 0 saturated heterocycles. The first-order valence-electron chi connectivity index (χ1n) is 15.5. The molecular weight excluding hydrogens is 482 g/mol. The molecule has 206 valence electrons. The first-order valence-corrected chi connectivity index (χ1v) is 15.0. The van der Waals surface area contributed by atoms with E-state index in [9.17, 15) is 1.37 Å². The van der Waals surface area contributed by atoms with Crippen molar-refractivity contribution in [3.8, 4) is 22.3 Å². The lowest BCUT2D eigenvalue weighted by Crippen LogP contribution is -2.38. The lowest BCUT2D eigenvalue weighted by atomic mass is 9.70. The number of hydrogen-bond donors (Lipinski definition) is 0. The third-order valence-electron chi connectivity index (χ3n) is 9.41. The Morgan fingerprint density at radius 3 is 2.05 bits per heavy atom. The first kappa shape index (κ1) is 25.6. The van der Waals surface area contributed by atoms with Crippen molar-refractivity contribution in [2.45, 2.75) is 91.0 Å². The van der Waals surface area contributed by atoms with Crippen LogP contribution in [-0.2, 0) is 5.41 Å². The smallest absolute Gasteiger partial charge is 0.0457 e. The van der Waals surface area contributed by atoms with E-state index in [4.69, 9.17) is 0 Å². The van der Waals surface area contributed by atoms with Crippen molar-refractivity contribution in [1.29, 1.82) is 0 Å². The van der Waals surface area contributed by atoms with E-state index in [1.807, 2.05) is 0 Å². The summed E-state index contributed by atoms with van der Waals surface area (Å²) in [5.41, 5.74) is 11.4. The van der Waals surface area contributed by atoms with Gasteiger partial charge in [0.1, 0.15) is 0 Å². The average molecular weight is 529 g/mol. The van der Waals surface area contributed by atoms with Gasteiger partial charge in [0, 0.05) is 23.7 Å². The van der Waals surface area contributed by atoms with Gasteiger partial charge in [-0.05, 0) is 115 Å². The summed E-state index contributed by atoms with van der Waals surface area (Å²) in [7, 11) is 0. The molecule has 1 heteroatoms. The predicted molar refractivity (Wildman–Crippen MR) is 173 cm³/mol. The second-order valence-electron chi connectivity index (χ2n) is 14.3. The largest absolute Gasteiger partial charge is 0.336 e. The molecule has 2 aliphatic carbocycles. The second kappa shape index (κ2) is 9.65. The lowest BCUT2D eigenvalue weighted by Gasteiger charge is -2.42. The molecule has 0 N–H and O–H groups in total. The van der Waals surface area contributed by atoms with Crippen LogP contribution in [0.3, 0.4) is 0 Å². The topological polar surface area (TPSA) is 3.24 Å². The van der Waals surface area contributed by atoms with Gasteiger partial charge in [0.05, 0.1) is 0 Å². The highest BCUT2D eigenvalue weighted by Gasteiger charge is 2.39. The molecule has 40 heavy (non-hydrogen) atoms. The van der Waals surface area contributed by atoms with E-state index in [-0.39, 0.29) is 11.0 Å². The van der Waals surface area contributed by atoms with Crippen LogP contribution in [0, 0.1) is 5.41 Å². The van der Waals surface area contributed by atoms with E-state index < -0.39 is 5.89 Å². The minimum atomic E-state index is -0.620. The van der Waals surface area contributed by atoms with E-state index in [0.717, 1.165) is 25.7 Å². The summed E-state index contributed by atoms with van der Waals surface area (Å²) >= 11 is 0. The molecule has 4 aromatic carbocycles. The van der Waals surface area contributed by atoms with Crippen LogP contribution in [0.2, 0.25) is 0 Å². The summed E-state index contributed by atoms with van der Waals surface area (Å²) in [6, 6.07) is 33.4. The molecule has 1 nitrogen and oxygen atoms in total. The van der Waals surface area contributed by atoms with Crippen LogP contribution >= 0.6 is 0 Å². The molecule has 1 fully saturated rings. The predicted octanol–water partition coefficient (Wildman–Crippen LogP) is 11.3. The fourth-order valence-corrected chi connectivity index (χ4v) is 7.05. The Balaban J connectivity index is 1.60. The lowest BCUT2D eigenvalue weighted by molar-refractivity contribution is 0.224. The van der Waals surface area contributed by atoms with E-state index in [2.05, 4.69) is 144 Å². The van der Waals surface area contributed by atoms with Gasteiger partial charge in [-0.3, -0.25) is 0 Å². The number of benzene rings is 4. The van der Waals surface area contributed by atoms with Crippen LogP contribution in [0.15, 0.2) is 91.0 Å². The molecule has 0 heterocycles. The SMILES string of the molecule is [2H]C1(c2cc3c(cc2N(c2cccc(-c4ccccc4)c2)C(C)(C)C)-c2ccccc2C3(C)C)CCC(C)(C)CC1. The van der Waals surface area contributed by atoms with Gasteiger partial charge in [-0.1, -0.05) is 100 Å². The summed E-state index contributed by atoms with van der Waals surface area (Å²) in [6.45, 7) is 16.4. The van der Waals surface area contributed by atoms with Crippen molar-refractivity contribution < 1.29 is 1.37 Å². The zero-order valence-electron chi connectivity index (χ0n) is 26.4. The number of nitrogens with zero attached hydrogens (tertiary/aromatic N) is 1. The highest BCUT2D eigenvalue weighted by atomic mass is 15.2. The van der Waals surface area contributed by atoms with E-state index in [0.29, 0.717) is 5.41 Å². The van der Waals surface area contributed by atoms with Crippen molar-refractivity contribution in [3.05, 3.63) is 108 Å². The zero-order valence-corrected chi connectivity index (χ0v) is 25.4. The second-order valence-corrected chi connectivity index (χ2v) is 14.3. The van der Waals surface area contributed by atoms with Crippen molar-refractivity contribution >= 4 is 11.4 Å². The summed E-state index contributed by atoms with van der Waals surface area (Å²) in [5.74, 6) is -0.620. The minimum absolute atomic E-state index is 0.0940. The van der Waals surface area contributed by atoms with E-state index in [1.165, 1.54) is 50.3 Å². The normalized spacial score (nSPS) is 18.9. The number of rotatable bonds is 4. The number of hydrogen-bond acceptors (Lipinski definition) is 1. The molecule has 0 bridgehead atoms. The molecule has 4 aromatic rings. The maximum Gasteiger partial charge on any atom is 0.0457 e. The molecule has 0 radical (unpaired) electrons. The van der Waals surface area contributed by atoms with Crippen LogP contribution in [0.1, 0.15) is 98.1 Å². The van der Waals surface area contributed by atoms with Gasteiger partial charge in [-0.15, -0.1) is 0 Å². The number of fused-ring (bicyclic) bond motifs is 3. The van der Waals surface area contributed by atoms with Gasteiger partial charge in [0.2, 0.25) is 0 Å². The van der Waals surface area contributed by atoms with Gasteiger partial charge >= 0.3 is 0 Å². The first-order chi connectivity index (χ1) is 19.3. The third kappa shape index (κ3) is 4.68. The molecule has 0 spiro atoms. The molecule has 0 atom stereocenters. The minimum Gasteiger partial charge on any atom is -0.336 e.